The van der Waals surface area contributed by atoms with Crippen molar-refractivity contribution in [1.29, 1.82) is 0 Å². The second kappa shape index (κ2) is 6.17. The molecule has 0 aliphatic heterocycles. The zero-order valence-electron chi connectivity index (χ0n) is 10.9. The lowest BCUT2D eigenvalue weighted by Gasteiger charge is -2.21. The molecule has 2 rings (SSSR count). The molecule has 3 nitrogen and oxygen atoms in total. The van der Waals surface area contributed by atoms with E-state index in [4.69, 9.17) is 4.74 Å². The van der Waals surface area contributed by atoms with E-state index in [1.165, 1.54) is 0 Å². The van der Waals surface area contributed by atoms with Gasteiger partial charge in [0, 0.05) is 22.8 Å². The van der Waals surface area contributed by atoms with Gasteiger partial charge in [0.1, 0.15) is 5.75 Å². The Hall–Kier alpha value is -1.39. The van der Waals surface area contributed by atoms with Crippen LogP contribution in [0.4, 0.5) is 0 Å². The first-order chi connectivity index (χ1) is 9.13. The predicted molar refractivity (Wildman–Crippen MR) is 78.3 cm³/mol. The number of aromatic nitrogens is 1. The van der Waals surface area contributed by atoms with Crippen LogP contribution in [0.15, 0.2) is 47.2 Å². The molecule has 1 heterocycles. The van der Waals surface area contributed by atoms with Gasteiger partial charge in [-0.1, -0.05) is 22.9 Å². The molecule has 19 heavy (non-hydrogen) atoms. The number of hydrogen-bond acceptors (Lipinski definition) is 3. The lowest BCUT2D eigenvalue weighted by Crippen LogP contribution is -2.08. The van der Waals surface area contributed by atoms with Gasteiger partial charge in [-0.2, -0.15) is 0 Å². The van der Waals surface area contributed by atoms with Gasteiger partial charge in [-0.25, -0.2) is 0 Å². The number of hydrogen-bond donors (Lipinski definition) is 1. The van der Waals surface area contributed by atoms with Crippen molar-refractivity contribution in [3.05, 3.63) is 58.3 Å². The highest BCUT2D eigenvalue weighted by Gasteiger charge is 2.20. The Balaban J connectivity index is 2.31. The summed E-state index contributed by atoms with van der Waals surface area (Å²) in [6, 6.07) is 9.43. The highest BCUT2D eigenvalue weighted by molar-refractivity contribution is 9.10. The van der Waals surface area contributed by atoms with E-state index in [2.05, 4.69) is 20.9 Å². The zero-order chi connectivity index (χ0) is 13.8. The molecule has 2 atom stereocenters. The molecule has 1 aromatic heterocycles. The Labute approximate surface area is 121 Å². The first kappa shape index (κ1) is 14.0. The van der Waals surface area contributed by atoms with Crippen LogP contribution in [0.25, 0.3) is 0 Å². The fraction of sp³-hybridized carbons (Fsp3) is 0.267. The molecule has 0 spiro atoms. The summed E-state index contributed by atoms with van der Waals surface area (Å²) in [6.45, 7) is 1.99. The summed E-state index contributed by atoms with van der Waals surface area (Å²) in [5, 5.41) is 10.5. The molecule has 1 N–H and O–H groups in total. The highest BCUT2D eigenvalue weighted by Crippen LogP contribution is 2.35. The third-order valence-corrected chi connectivity index (χ3v) is 3.95. The molecule has 4 heteroatoms. The van der Waals surface area contributed by atoms with Crippen molar-refractivity contribution >= 4 is 15.9 Å². The maximum Gasteiger partial charge on any atom is 0.119 e. The minimum Gasteiger partial charge on any atom is -0.497 e. The molecule has 0 bridgehead atoms. The second-order valence-corrected chi connectivity index (χ2v) is 5.26. The van der Waals surface area contributed by atoms with Gasteiger partial charge in [-0.3, -0.25) is 4.98 Å². The molecule has 0 amide bonds. The lowest BCUT2D eigenvalue weighted by atomic mass is 9.91. The van der Waals surface area contributed by atoms with E-state index < -0.39 is 6.10 Å². The molecule has 0 fully saturated rings. The number of halogens is 1. The van der Waals surface area contributed by atoms with Crippen molar-refractivity contribution in [2.24, 2.45) is 0 Å². The summed E-state index contributed by atoms with van der Waals surface area (Å²) in [7, 11) is 1.62. The zero-order valence-corrected chi connectivity index (χ0v) is 12.5. The van der Waals surface area contributed by atoms with Crippen LogP contribution in [-0.4, -0.2) is 17.2 Å². The molecular weight excluding hydrogens is 306 g/mol. The van der Waals surface area contributed by atoms with E-state index in [9.17, 15) is 5.11 Å². The molecule has 0 radical (unpaired) electrons. The van der Waals surface area contributed by atoms with Crippen molar-refractivity contribution in [1.82, 2.24) is 4.98 Å². The molecule has 0 aliphatic carbocycles. The van der Waals surface area contributed by atoms with Crippen LogP contribution in [0.1, 0.15) is 30.1 Å². The summed E-state index contributed by atoms with van der Waals surface area (Å²) in [5.41, 5.74) is 1.88. The smallest absolute Gasteiger partial charge is 0.119 e. The first-order valence-electron chi connectivity index (χ1n) is 6.05. The highest BCUT2D eigenvalue weighted by atomic mass is 79.9. The van der Waals surface area contributed by atoms with Gasteiger partial charge >= 0.3 is 0 Å². The van der Waals surface area contributed by atoms with E-state index in [1.807, 2.05) is 37.3 Å². The summed E-state index contributed by atoms with van der Waals surface area (Å²) in [4.78, 5) is 3.99. The fourth-order valence-electron chi connectivity index (χ4n) is 1.99. The van der Waals surface area contributed by atoms with Crippen LogP contribution >= 0.6 is 15.9 Å². The van der Waals surface area contributed by atoms with Gasteiger partial charge in [-0.15, -0.1) is 0 Å². The third kappa shape index (κ3) is 3.14. The minimum atomic E-state index is -0.605. The van der Waals surface area contributed by atoms with Crippen molar-refractivity contribution in [2.45, 2.75) is 18.9 Å². The van der Waals surface area contributed by atoms with Gasteiger partial charge in [0.15, 0.2) is 0 Å². The van der Waals surface area contributed by atoms with Crippen LogP contribution in [0.3, 0.4) is 0 Å². The monoisotopic (exact) mass is 321 g/mol. The Bertz CT molecular complexity index is 545. The van der Waals surface area contributed by atoms with Gasteiger partial charge in [0.25, 0.3) is 0 Å². The standard InChI is InChI=1S/C15H16BrNO2/c1-10(11-5-7-17-8-6-11)15(18)13-9-12(19-2)3-4-14(13)16/h3-10,15,18H,1-2H3. The van der Waals surface area contributed by atoms with E-state index in [1.54, 1.807) is 19.5 Å². The van der Waals surface area contributed by atoms with Crippen molar-refractivity contribution in [3.8, 4) is 5.75 Å². The van der Waals surface area contributed by atoms with Gasteiger partial charge in [-0.05, 0) is 41.5 Å². The van der Waals surface area contributed by atoms with E-state index in [0.717, 1.165) is 21.3 Å². The Morgan fingerprint density at radius 2 is 1.89 bits per heavy atom. The van der Waals surface area contributed by atoms with E-state index in [-0.39, 0.29) is 5.92 Å². The summed E-state index contributed by atoms with van der Waals surface area (Å²) >= 11 is 3.47. The lowest BCUT2D eigenvalue weighted by molar-refractivity contribution is 0.150. The number of pyridine rings is 1. The van der Waals surface area contributed by atoms with Crippen LogP contribution in [0.2, 0.25) is 0 Å². The Morgan fingerprint density at radius 1 is 1.21 bits per heavy atom. The quantitative estimate of drug-likeness (QED) is 0.933. The molecular formula is C15H16BrNO2. The van der Waals surface area contributed by atoms with Crippen LogP contribution in [0.5, 0.6) is 5.75 Å². The molecule has 1 aromatic carbocycles. The number of ether oxygens (including phenoxy) is 1. The number of nitrogens with zero attached hydrogens (tertiary/aromatic N) is 1. The Morgan fingerprint density at radius 3 is 2.53 bits per heavy atom. The van der Waals surface area contributed by atoms with Gasteiger partial charge in [0.05, 0.1) is 13.2 Å². The van der Waals surface area contributed by atoms with Crippen LogP contribution < -0.4 is 4.74 Å². The molecule has 2 aromatic rings. The normalized spacial score (nSPS) is 13.9. The number of aliphatic hydroxyl groups excluding tert-OH is 1. The second-order valence-electron chi connectivity index (χ2n) is 4.40. The number of rotatable bonds is 4. The van der Waals surface area contributed by atoms with Crippen LogP contribution in [-0.2, 0) is 0 Å². The maximum atomic E-state index is 10.5. The van der Waals surface area contributed by atoms with Gasteiger partial charge in [0.2, 0.25) is 0 Å². The van der Waals surface area contributed by atoms with Crippen LogP contribution in [0, 0.1) is 0 Å². The molecule has 0 saturated carbocycles. The largest absolute Gasteiger partial charge is 0.497 e. The molecule has 100 valence electrons. The maximum absolute atomic E-state index is 10.5. The van der Waals surface area contributed by atoms with E-state index >= 15 is 0 Å². The van der Waals surface area contributed by atoms with E-state index in [0.29, 0.717) is 0 Å². The molecule has 0 saturated heterocycles. The molecule has 2 unspecified atom stereocenters. The number of benzene rings is 1. The Kier molecular flexibility index (Phi) is 4.56. The van der Waals surface area contributed by atoms with Crippen molar-refractivity contribution < 1.29 is 9.84 Å². The minimum absolute atomic E-state index is 0.0218. The summed E-state index contributed by atoms with van der Waals surface area (Å²) in [5.74, 6) is 0.714. The molecule has 0 aliphatic rings. The predicted octanol–water partition coefficient (Wildman–Crippen LogP) is 3.69. The first-order valence-corrected chi connectivity index (χ1v) is 6.84. The SMILES string of the molecule is COc1ccc(Br)c(C(O)C(C)c2ccncc2)c1. The average Bonchev–Trinajstić information content (AvgIpc) is 2.47. The fourth-order valence-corrected chi connectivity index (χ4v) is 2.48. The summed E-state index contributed by atoms with van der Waals surface area (Å²) < 4.78 is 6.08. The topological polar surface area (TPSA) is 42.4 Å². The third-order valence-electron chi connectivity index (χ3n) is 3.23. The number of aliphatic hydroxyl groups is 1. The van der Waals surface area contributed by atoms with Gasteiger partial charge < -0.3 is 9.84 Å². The average molecular weight is 322 g/mol. The van der Waals surface area contributed by atoms with Crippen molar-refractivity contribution in [2.75, 3.05) is 7.11 Å². The number of methoxy groups -OCH3 is 1. The summed E-state index contributed by atoms with van der Waals surface area (Å²) in [6.07, 6.45) is 2.87. The van der Waals surface area contributed by atoms with Crippen molar-refractivity contribution in [3.63, 3.8) is 0 Å².